The molecule has 1 unspecified atom stereocenters. The van der Waals surface area contributed by atoms with Crippen molar-refractivity contribution in [1.82, 2.24) is 9.80 Å². The quantitative estimate of drug-likeness (QED) is 0.526. The van der Waals surface area contributed by atoms with E-state index < -0.39 is 0 Å². The van der Waals surface area contributed by atoms with Crippen molar-refractivity contribution < 1.29 is 10.0 Å². The maximum atomic E-state index is 11.8. The number of amides is 2. The summed E-state index contributed by atoms with van der Waals surface area (Å²) in [5.41, 5.74) is 0.790. The van der Waals surface area contributed by atoms with E-state index in [1.165, 1.54) is 0 Å². The molecule has 1 saturated heterocycles. The van der Waals surface area contributed by atoms with E-state index in [9.17, 15) is 4.79 Å². The van der Waals surface area contributed by atoms with Crippen molar-refractivity contribution in [2.75, 3.05) is 26.7 Å². The summed E-state index contributed by atoms with van der Waals surface area (Å²) >= 11 is 0. The van der Waals surface area contributed by atoms with Crippen LogP contribution in [0.3, 0.4) is 0 Å². The molecule has 0 aromatic rings. The van der Waals surface area contributed by atoms with Crippen LogP contribution in [0.5, 0.6) is 0 Å². The van der Waals surface area contributed by atoms with Crippen molar-refractivity contribution in [2.24, 2.45) is 11.1 Å². The lowest BCUT2D eigenvalue weighted by molar-refractivity contribution is 0.157. The third kappa shape index (κ3) is 2.61. The van der Waals surface area contributed by atoms with Crippen molar-refractivity contribution in [3.8, 4) is 0 Å². The van der Waals surface area contributed by atoms with Crippen LogP contribution in [-0.2, 0) is 0 Å². The molecule has 5 nitrogen and oxygen atoms in total. The SMILES string of the molecule is CCN(C)C(=O)N1CCC(=NO)C(C)C1. The monoisotopic (exact) mass is 213 g/mol. The molecule has 0 aromatic carbocycles. The zero-order chi connectivity index (χ0) is 11.4. The van der Waals surface area contributed by atoms with Gasteiger partial charge in [-0.2, -0.15) is 0 Å². The van der Waals surface area contributed by atoms with E-state index in [4.69, 9.17) is 5.21 Å². The van der Waals surface area contributed by atoms with E-state index in [2.05, 4.69) is 5.16 Å². The summed E-state index contributed by atoms with van der Waals surface area (Å²) in [5, 5.41) is 12.0. The first-order valence-electron chi connectivity index (χ1n) is 5.31. The minimum Gasteiger partial charge on any atom is -0.411 e. The number of oxime groups is 1. The molecule has 0 aromatic heterocycles. The lowest BCUT2D eigenvalue weighted by atomic mass is 9.98. The Labute approximate surface area is 90.3 Å². The Kier molecular flexibility index (Phi) is 3.94. The van der Waals surface area contributed by atoms with Gasteiger partial charge >= 0.3 is 6.03 Å². The number of urea groups is 1. The molecule has 86 valence electrons. The zero-order valence-corrected chi connectivity index (χ0v) is 9.60. The average Bonchev–Trinajstić information content (AvgIpc) is 2.26. The minimum atomic E-state index is 0.0568. The predicted octanol–water partition coefficient (Wildman–Crippen LogP) is 1.23. The molecule has 0 spiro atoms. The van der Waals surface area contributed by atoms with Gasteiger partial charge in [0.1, 0.15) is 0 Å². The van der Waals surface area contributed by atoms with Crippen molar-refractivity contribution in [2.45, 2.75) is 20.3 Å². The van der Waals surface area contributed by atoms with Crippen LogP contribution in [-0.4, -0.2) is 53.4 Å². The fourth-order valence-electron chi connectivity index (χ4n) is 1.72. The third-order valence-corrected chi connectivity index (χ3v) is 2.90. The van der Waals surface area contributed by atoms with Gasteiger partial charge in [-0.1, -0.05) is 12.1 Å². The van der Waals surface area contributed by atoms with Gasteiger partial charge in [-0.3, -0.25) is 0 Å². The number of likely N-dealkylation sites (tertiary alicyclic amines) is 1. The molecule has 1 atom stereocenters. The summed E-state index contributed by atoms with van der Waals surface area (Å²) in [7, 11) is 1.79. The Morgan fingerprint density at radius 1 is 1.73 bits per heavy atom. The van der Waals surface area contributed by atoms with Crippen molar-refractivity contribution in [3.63, 3.8) is 0 Å². The first-order chi connectivity index (χ1) is 7.10. The van der Waals surface area contributed by atoms with Gasteiger partial charge < -0.3 is 15.0 Å². The van der Waals surface area contributed by atoms with E-state index in [0.717, 1.165) is 5.71 Å². The Morgan fingerprint density at radius 2 is 2.40 bits per heavy atom. The Balaban J connectivity index is 2.58. The van der Waals surface area contributed by atoms with Crippen LogP contribution in [0.2, 0.25) is 0 Å². The number of hydrogen-bond acceptors (Lipinski definition) is 3. The second-order valence-electron chi connectivity index (χ2n) is 3.99. The normalized spacial score (nSPS) is 24.3. The lowest BCUT2D eigenvalue weighted by Crippen LogP contribution is -2.48. The number of carbonyl (C=O) groups is 1. The van der Waals surface area contributed by atoms with Crippen LogP contribution in [0.4, 0.5) is 4.79 Å². The minimum absolute atomic E-state index is 0.0568. The number of hydrogen-bond donors (Lipinski definition) is 1. The highest BCUT2D eigenvalue weighted by molar-refractivity contribution is 5.88. The molecule has 1 aliphatic heterocycles. The smallest absolute Gasteiger partial charge is 0.319 e. The second-order valence-corrected chi connectivity index (χ2v) is 3.99. The summed E-state index contributed by atoms with van der Waals surface area (Å²) in [4.78, 5) is 15.3. The lowest BCUT2D eigenvalue weighted by Gasteiger charge is -2.34. The highest BCUT2D eigenvalue weighted by atomic mass is 16.4. The van der Waals surface area contributed by atoms with Gasteiger partial charge in [-0.15, -0.1) is 0 Å². The topological polar surface area (TPSA) is 56.1 Å². The molecular weight excluding hydrogens is 194 g/mol. The number of nitrogens with zero attached hydrogens (tertiary/aromatic N) is 3. The maximum absolute atomic E-state index is 11.8. The summed E-state index contributed by atoms with van der Waals surface area (Å²) in [6.45, 7) is 5.92. The fourth-order valence-corrected chi connectivity index (χ4v) is 1.72. The van der Waals surface area contributed by atoms with E-state index in [-0.39, 0.29) is 11.9 Å². The summed E-state index contributed by atoms with van der Waals surface area (Å²) < 4.78 is 0. The van der Waals surface area contributed by atoms with Gasteiger partial charge in [0.2, 0.25) is 0 Å². The first-order valence-corrected chi connectivity index (χ1v) is 5.31. The molecule has 0 radical (unpaired) electrons. The molecule has 1 fully saturated rings. The molecule has 0 bridgehead atoms. The standard InChI is InChI=1S/C10H19N3O2/c1-4-12(3)10(14)13-6-5-9(11-15)8(2)7-13/h8,15H,4-7H2,1-3H3. The van der Waals surface area contributed by atoms with E-state index in [1.807, 2.05) is 18.7 Å². The fraction of sp³-hybridized carbons (Fsp3) is 0.800. The molecule has 0 saturated carbocycles. The van der Waals surface area contributed by atoms with Crippen LogP contribution < -0.4 is 0 Å². The van der Waals surface area contributed by atoms with Gasteiger partial charge in [-0.05, 0) is 6.92 Å². The summed E-state index contributed by atoms with van der Waals surface area (Å²) in [5.74, 6) is 0.151. The van der Waals surface area contributed by atoms with Gasteiger partial charge in [0.05, 0.1) is 5.71 Å². The first kappa shape index (κ1) is 11.8. The highest BCUT2D eigenvalue weighted by Gasteiger charge is 2.26. The molecule has 2 amide bonds. The van der Waals surface area contributed by atoms with Crippen LogP contribution in [0.15, 0.2) is 5.16 Å². The number of rotatable bonds is 1. The summed E-state index contributed by atoms with van der Waals surface area (Å²) in [6.07, 6.45) is 0.668. The summed E-state index contributed by atoms with van der Waals surface area (Å²) in [6, 6.07) is 0.0568. The second kappa shape index (κ2) is 5.00. The largest absolute Gasteiger partial charge is 0.411 e. The predicted molar refractivity (Wildman–Crippen MR) is 58.3 cm³/mol. The van der Waals surface area contributed by atoms with E-state index in [1.54, 1.807) is 11.9 Å². The van der Waals surface area contributed by atoms with Gasteiger partial charge in [0, 0.05) is 39.0 Å². The number of piperidine rings is 1. The van der Waals surface area contributed by atoms with Gasteiger partial charge in [0.15, 0.2) is 0 Å². The molecule has 0 aliphatic carbocycles. The Morgan fingerprint density at radius 3 is 2.87 bits per heavy atom. The van der Waals surface area contributed by atoms with Crippen LogP contribution >= 0.6 is 0 Å². The Bertz CT molecular complexity index is 265. The number of carbonyl (C=O) groups excluding carboxylic acids is 1. The van der Waals surface area contributed by atoms with Crippen molar-refractivity contribution >= 4 is 11.7 Å². The Hall–Kier alpha value is -1.26. The van der Waals surface area contributed by atoms with Crippen LogP contribution in [0.1, 0.15) is 20.3 Å². The molecule has 1 N–H and O–H groups in total. The van der Waals surface area contributed by atoms with Crippen LogP contribution in [0, 0.1) is 5.92 Å². The zero-order valence-electron chi connectivity index (χ0n) is 9.60. The van der Waals surface area contributed by atoms with Crippen molar-refractivity contribution in [3.05, 3.63) is 0 Å². The van der Waals surface area contributed by atoms with Gasteiger partial charge in [0.25, 0.3) is 0 Å². The van der Waals surface area contributed by atoms with Crippen LogP contribution in [0.25, 0.3) is 0 Å². The molecule has 15 heavy (non-hydrogen) atoms. The van der Waals surface area contributed by atoms with E-state index in [0.29, 0.717) is 26.1 Å². The molecule has 5 heteroatoms. The molecular formula is C10H19N3O2. The average molecular weight is 213 g/mol. The van der Waals surface area contributed by atoms with Crippen molar-refractivity contribution in [1.29, 1.82) is 0 Å². The molecule has 1 aliphatic rings. The molecule has 1 rings (SSSR count). The van der Waals surface area contributed by atoms with Gasteiger partial charge in [-0.25, -0.2) is 4.79 Å². The van der Waals surface area contributed by atoms with E-state index >= 15 is 0 Å². The molecule has 1 heterocycles. The third-order valence-electron chi connectivity index (χ3n) is 2.90. The maximum Gasteiger partial charge on any atom is 0.319 e. The highest BCUT2D eigenvalue weighted by Crippen LogP contribution is 2.14.